The van der Waals surface area contributed by atoms with E-state index in [4.69, 9.17) is 0 Å². The Labute approximate surface area is 58.5 Å². The zero-order valence-electron chi connectivity index (χ0n) is 5.09. The van der Waals surface area contributed by atoms with Crippen molar-refractivity contribution < 1.29 is 0 Å². The average Bonchev–Trinajstić information content (AvgIpc) is 1.91. The second-order valence-electron chi connectivity index (χ2n) is 1.72. The maximum atomic E-state index is 3.32. The van der Waals surface area contributed by atoms with Crippen molar-refractivity contribution in [3.05, 3.63) is 30.3 Å². The fraction of sp³-hybridized carbons (Fsp3) is 0.143. The number of rotatable bonds is 2. The maximum Gasteiger partial charge on any atom is 0.0509 e. The zero-order valence-corrected chi connectivity index (χ0v) is 6.09. The Morgan fingerprint density at radius 3 is 2.44 bits per heavy atom. The van der Waals surface area contributed by atoms with Crippen LogP contribution in [0.1, 0.15) is 0 Å². The normalized spacial score (nSPS) is 9.00. The molecule has 1 aromatic carbocycles. The van der Waals surface area contributed by atoms with Crippen LogP contribution in [0.3, 0.4) is 0 Å². The average molecular weight is 134 g/mol. The third kappa shape index (κ3) is 1.89. The van der Waals surface area contributed by atoms with E-state index in [1.54, 1.807) is 0 Å². The largest absolute Gasteiger partial charge is 0.389 e. The standard InChI is InChI=1S/C7H8NSi/c9-6-8-7-4-2-1-3-5-7/h1-5,8H,6H2. The Hall–Kier alpha value is -0.763. The van der Waals surface area contributed by atoms with Gasteiger partial charge in [0, 0.05) is 11.9 Å². The lowest BCUT2D eigenvalue weighted by molar-refractivity contribution is 1.45. The van der Waals surface area contributed by atoms with Crippen molar-refractivity contribution in [1.29, 1.82) is 0 Å². The molecule has 0 aliphatic carbocycles. The van der Waals surface area contributed by atoms with Crippen LogP contribution in [0.4, 0.5) is 5.69 Å². The molecule has 0 fully saturated rings. The molecule has 0 saturated carbocycles. The molecule has 0 aromatic heterocycles. The predicted octanol–water partition coefficient (Wildman–Crippen LogP) is 1.22. The minimum absolute atomic E-state index is 0.796. The maximum absolute atomic E-state index is 3.32. The first kappa shape index (κ1) is 6.36. The highest BCUT2D eigenvalue weighted by Gasteiger charge is 1.81. The van der Waals surface area contributed by atoms with Crippen LogP contribution in [0.5, 0.6) is 0 Å². The molecule has 1 aromatic rings. The Kier molecular flexibility index (Phi) is 2.33. The van der Waals surface area contributed by atoms with Crippen LogP contribution >= 0.6 is 0 Å². The molecule has 0 heterocycles. The second kappa shape index (κ2) is 3.30. The molecule has 0 spiro atoms. The van der Waals surface area contributed by atoms with Crippen LogP contribution in [-0.4, -0.2) is 16.4 Å². The van der Waals surface area contributed by atoms with E-state index in [0.29, 0.717) is 0 Å². The third-order valence-electron chi connectivity index (χ3n) is 1.07. The van der Waals surface area contributed by atoms with Crippen molar-refractivity contribution in [2.45, 2.75) is 0 Å². The van der Waals surface area contributed by atoms with Crippen LogP contribution in [0.25, 0.3) is 0 Å². The first-order valence-corrected chi connectivity index (χ1v) is 3.57. The molecule has 1 rings (SSSR count). The number of anilines is 1. The van der Waals surface area contributed by atoms with Crippen LogP contribution in [0.2, 0.25) is 0 Å². The first-order valence-electron chi connectivity index (χ1n) is 2.87. The molecule has 2 heteroatoms. The smallest absolute Gasteiger partial charge is 0.0509 e. The van der Waals surface area contributed by atoms with Gasteiger partial charge in [0.1, 0.15) is 0 Å². The predicted molar refractivity (Wildman–Crippen MR) is 40.7 cm³/mol. The summed E-state index contributed by atoms with van der Waals surface area (Å²) in [6, 6.07) is 10.1. The monoisotopic (exact) mass is 134 g/mol. The summed E-state index contributed by atoms with van der Waals surface area (Å²) in [5.41, 5.74) is 1.15. The van der Waals surface area contributed by atoms with Gasteiger partial charge in [-0.3, -0.25) is 0 Å². The lowest BCUT2D eigenvalue weighted by Gasteiger charge is -1.99. The summed E-state index contributed by atoms with van der Waals surface area (Å²) in [7, 11) is 3.32. The second-order valence-corrected chi connectivity index (χ2v) is 2.07. The summed E-state index contributed by atoms with van der Waals surface area (Å²) < 4.78 is 0. The zero-order chi connectivity index (χ0) is 6.53. The topological polar surface area (TPSA) is 12.0 Å². The summed E-state index contributed by atoms with van der Waals surface area (Å²) in [6.45, 7) is 0. The first-order chi connectivity index (χ1) is 4.43. The summed E-state index contributed by atoms with van der Waals surface area (Å²) >= 11 is 0. The Bertz CT molecular complexity index is 162. The molecule has 1 N–H and O–H groups in total. The van der Waals surface area contributed by atoms with Crippen molar-refractivity contribution >= 4 is 15.9 Å². The van der Waals surface area contributed by atoms with Crippen molar-refractivity contribution in [2.24, 2.45) is 0 Å². The van der Waals surface area contributed by atoms with E-state index in [-0.39, 0.29) is 0 Å². The van der Waals surface area contributed by atoms with E-state index in [9.17, 15) is 0 Å². The van der Waals surface area contributed by atoms with E-state index >= 15 is 0 Å². The van der Waals surface area contributed by atoms with Crippen LogP contribution < -0.4 is 5.32 Å². The van der Waals surface area contributed by atoms with Crippen LogP contribution in [0, 0.1) is 0 Å². The summed E-state index contributed by atoms with van der Waals surface area (Å²) in [4.78, 5) is 0. The number of nitrogens with one attached hydrogen (secondary N) is 1. The number of benzene rings is 1. The SMILES string of the molecule is [Si]CNc1ccccc1. The van der Waals surface area contributed by atoms with E-state index < -0.39 is 0 Å². The van der Waals surface area contributed by atoms with Gasteiger partial charge in [0.2, 0.25) is 0 Å². The molecule has 0 aliphatic heterocycles. The Balaban J connectivity index is 2.61. The van der Waals surface area contributed by atoms with Gasteiger partial charge >= 0.3 is 0 Å². The number of para-hydroxylation sites is 1. The van der Waals surface area contributed by atoms with Gasteiger partial charge in [-0.2, -0.15) is 0 Å². The van der Waals surface area contributed by atoms with Crippen molar-refractivity contribution in [3.8, 4) is 0 Å². The Morgan fingerprint density at radius 1 is 1.22 bits per heavy atom. The van der Waals surface area contributed by atoms with Gasteiger partial charge in [-0.1, -0.05) is 18.2 Å². The molecule has 3 radical (unpaired) electrons. The molecule has 0 aliphatic rings. The highest BCUT2D eigenvalue weighted by Crippen LogP contribution is 2.02. The van der Waals surface area contributed by atoms with E-state index in [1.807, 2.05) is 30.3 Å². The van der Waals surface area contributed by atoms with Gasteiger partial charge in [0.05, 0.1) is 10.2 Å². The molecule has 0 atom stereocenters. The molecule has 45 valence electrons. The lowest BCUT2D eigenvalue weighted by atomic mass is 10.3. The molecule has 9 heavy (non-hydrogen) atoms. The fourth-order valence-electron chi connectivity index (χ4n) is 0.658. The molecule has 0 amide bonds. The highest BCUT2D eigenvalue weighted by atomic mass is 28.1. The van der Waals surface area contributed by atoms with Gasteiger partial charge in [0.25, 0.3) is 0 Å². The van der Waals surface area contributed by atoms with Crippen molar-refractivity contribution in [3.63, 3.8) is 0 Å². The van der Waals surface area contributed by atoms with Gasteiger partial charge in [0.15, 0.2) is 0 Å². The van der Waals surface area contributed by atoms with Crippen LogP contribution in [0.15, 0.2) is 30.3 Å². The van der Waals surface area contributed by atoms with Gasteiger partial charge in [-0.25, -0.2) is 0 Å². The minimum Gasteiger partial charge on any atom is -0.389 e. The summed E-state index contributed by atoms with van der Waals surface area (Å²) in [5, 5.41) is 3.12. The number of hydrogen-bond acceptors (Lipinski definition) is 1. The minimum atomic E-state index is 0.796. The molecule has 0 saturated heterocycles. The summed E-state index contributed by atoms with van der Waals surface area (Å²) in [5.74, 6) is 0. The van der Waals surface area contributed by atoms with E-state index in [1.165, 1.54) is 0 Å². The molecule has 0 unspecified atom stereocenters. The molecular weight excluding hydrogens is 126 g/mol. The summed E-state index contributed by atoms with van der Waals surface area (Å²) in [6.07, 6.45) is 0.796. The highest BCUT2D eigenvalue weighted by molar-refractivity contribution is 6.10. The van der Waals surface area contributed by atoms with Gasteiger partial charge in [-0.05, 0) is 12.1 Å². The van der Waals surface area contributed by atoms with E-state index in [0.717, 1.165) is 11.9 Å². The van der Waals surface area contributed by atoms with Crippen molar-refractivity contribution in [1.82, 2.24) is 0 Å². The quantitative estimate of drug-likeness (QED) is 0.600. The fourth-order valence-corrected chi connectivity index (χ4v) is 0.862. The molecule has 1 nitrogen and oxygen atoms in total. The van der Waals surface area contributed by atoms with Gasteiger partial charge in [-0.15, -0.1) is 0 Å². The Morgan fingerprint density at radius 2 is 1.89 bits per heavy atom. The van der Waals surface area contributed by atoms with Gasteiger partial charge < -0.3 is 5.32 Å². The van der Waals surface area contributed by atoms with Crippen molar-refractivity contribution in [2.75, 3.05) is 11.5 Å². The molecular formula is C7H8NSi. The molecule has 0 bridgehead atoms. The third-order valence-corrected chi connectivity index (χ3v) is 1.24. The number of hydrogen-bond donors (Lipinski definition) is 1. The van der Waals surface area contributed by atoms with E-state index in [2.05, 4.69) is 15.6 Å². The lowest BCUT2D eigenvalue weighted by Crippen LogP contribution is -1.98. The van der Waals surface area contributed by atoms with Crippen LogP contribution in [-0.2, 0) is 0 Å².